The van der Waals surface area contributed by atoms with Crippen molar-refractivity contribution in [2.75, 3.05) is 45.3 Å². The Morgan fingerprint density at radius 1 is 1.19 bits per heavy atom. The molecule has 2 fully saturated rings. The van der Waals surface area contributed by atoms with Crippen LogP contribution < -0.4 is 21.7 Å². The molecule has 3 unspecified atom stereocenters. The summed E-state index contributed by atoms with van der Waals surface area (Å²) in [5, 5.41) is 9.25. The Kier molecular flexibility index (Phi) is 12.0. The van der Waals surface area contributed by atoms with Gasteiger partial charge in [0.2, 0.25) is 5.91 Å². The summed E-state index contributed by atoms with van der Waals surface area (Å²) in [6.07, 6.45) is 3.44. The van der Waals surface area contributed by atoms with E-state index >= 15 is 0 Å². The van der Waals surface area contributed by atoms with Gasteiger partial charge < -0.3 is 31.2 Å². The number of carbonyl (C=O) groups excluding carboxylic acids is 2. The number of ether oxygens (including phenoxy) is 2. The molecule has 2 aliphatic rings. The van der Waals surface area contributed by atoms with E-state index in [-0.39, 0.29) is 36.4 Å². The highest BCUT2D eigenvalue weighted by atomic mass is 35.5. The van der Waals surface area contributed by atoms with Crippen molar-refractivity contribution in [3.05, 3.63) is 0 Å². The van der Waals surface area contributed by atoms with Crippen LogP contribution in [-0.2, 0) is 14.3 Å². The van der Waals surface area contributed by atoms with Gasteiger partial charge in [-0.2, -0.15) is 11.8 Å². The molecule has 5 N–H and O–H groups in total. The first-order chi connectivity index (χ1) is 12.2. The molecular formula is C16H31ClN4O4S. The Hall–Kier alpha value is -0.740. The van der Waals surface area contributed by atoms with E-state index in [9.17, 15) is 9.59 Å². The molecule has 2 heterocycles. The van der Waals surface area contributed by atoms with Crippen LogP contribution in [0.3, 0.4) is 0 Å². The number of fused-ring (bicyclic) bond motifs is 1. The van der Waals surface area contributed by atoms with Gasteiger partial charge in [-0.1, -0.05) is 6.42 Å². The van der Waals surface area contributed by atoms with Crippen LogP contribution >= 0.6 is 24.2 Å². The normalized spacial score (nSPS) is 23.7. The van der Waals surface area contributed by atoms with Crippen LogP contribution in [0.25, 0.3) is 0 Å². The van der Waals surface area contributed by atoms with E-state index in [1.807, 2.05) is 11.8 Å². The highest BCUT2D eigenvalue weighted by Crippen LogP contribution is 2.33. The molecule has 3 amide bonds. The first-order valence-corrected chi connectivity index (χ1v) is 10.1. The first-order valence-electron chi connectivity index (χ1n) is 9.01. The number of urea groups is 1. The maximum atomic E-state index is 11.8. The maximum Gasteiger partial charge on any atom is 0.315 e. The van der Waals surface area contributed by atoms with Crippen molar-refractivity contribution in [1.82, 2.24) is 16.0 Å². The van der Waals surface area contributed by atoms with Crippen molar-refractivity contribution in [1.29, 1.82) is 0 Å². The third-order valence-corrected chi connectivity index (χ3v) is 5.79. The Morgan fingerprint density at radius 2 is 1.96 bits per heavy atom. The molecule has 2 aliphatic heterocycles. The third kappa shape index (κ3) is 8.30. The SMILES string of the molecule is Cl.NCCOCCOCCNC(=O)CCCCC1SCC2NC(=O)NC21. The largest absolute Gasteiger partial charge is 0.378 e. The molecule has 8 nitrogen and oxygen atoms in total. The molecule has 0 aromatic carbocycles. The minimum absolute atomic E-state index is 0. The number of nitrogens with two attached hydrogens (primary N) is 1. The summed E-state index contributed by atoms with van der Waals surface area (Å²) in [5.41, 5.74) is 5.30. The molecule has 152 valence electrons. The number of thioether (sulfide) groups is 1. The maximum absolute atomic E-state index is 11.8. The number of halogens is 1. The summed E-state index contributed by atoms with van der Waals surface area (Å²) in [6, 6.07) is 0.469. The van der Waals surface area contributed by atoms with Crippen molar-refractivity contribution in [2.45, 2.75) is 43.0 Å². The summed E-state index contributed by atoms with van der Waals surface area (Å²) in [6.45, 7) is 3.12. The quantitative estimate of drug-likeness (QED) is 0.255. The lowest BCUT2D eigenvalue weighted by atomic mass is 10.0. The van der Waals surface area contributed by atoms with Gasteiger partial charge in [-0.15, -0.1) is 12.4 Å². The monoisotopic (exact) mass is 410 g/mol. The number of unbranched alkanes of at least 4 members (excludes halogenated alkanes) is 1. The molecular weight excluding hydrogens is 380 g/mol. The van der Waals surface area contributed by atoms with Crippen LogP contribution in [0, 0.1) is 0 Å². The molecule has 10 heteroatoms. The van der Waals surface area contributed by atoms with Gasteiger partial charge in [0.05, 0.1) is 38.5 Å². The van der Waals surface area contributed by atoms with Crippen molar-refractivity contribution in [2.24, 2.45) is 5.73 Å². The standard InChI is InChI=1S/C16H30N4O4S.ClH/c17-5-7-23-9-10-24-8-6-18-14(21)4-2-1-3-13-15-12(11-25-13)19-16(22)20-15;/h12-13,15H,1-11,17H2,(H,18,21)(H2,19,20,22);1H. The van der Waals surface area contributed by atoms with Crippen LogP contribution in [0.4, 0.5) is 4.79 Å². The molecule has 3 atom stereocenters. The zero-order chi connectivity index (χ0) is 17.9. The van der Waals surface area contributed by atoms with Gasteiger partial charge in [-0.3, -0.25) is 4.79 Å². The minimum atomic E-state index is -0.0483. The van der Waals surface area contributed by atoms with Gasteiger partial charge in [0.25, 0.3) is 0 Å². The van der Waals surface area contributed by atoms with Crippen LogP contribution in [0.2, 0.25) is 0 Å². The zero-order valence-corrected chi connectivity index (χ0v) is 16.7. The van der Waals surface area contributed by atoms with E-state index in [0.717, 1.165) is 25.0 Å². The van der Waals surface area contributed by atoms with Crippen LogP contribution in [-0.4, -0.2) is 74.5 Å². The highest BCUT2D eigenvalue weighted by molar-refractivity contribution is 8.00. The summed E-state index contributed by atoms with van der Waals surface area (Å²) >= 11 is 1.91. The minimum Gasteiger partial charge on any atom is -0.378 e. The molecule has 0 saturated carbocycles. The fraction of sp³-hybridized carbons (Fsp3) is 0.875. The van der Waals surface area contributed by atoms with E-state index in [4.69, 9.17) is 15.2 Å². The number of rotatable bonds is 13. The van der Waals surface area contributed by atoms with Crippen LogP contribution in [0.15, 0.2) is 0 Å². The van der Waals surface area contributed by atoms with E-state index in [2.05, 4.69) is 16.0 Å². The topological polar surface area (TPSA) is 115 Å². The molecule has 2 saturated heterocycles. The van der Waals surface area contributed by atoms with E-state index in [1.54, 1.807) is 0 Å². The van der Waals surface area contributed by atoms with Crippen molar-refractivity contribution in [3.8, 4) is 0 Å². The second-order valence-corrected chi connectivity index (χ2v) is 7.50. The van der Waals surface area contributed by atoms with Crippen molar-refractivity contribution in [3.63, 3.8) is 0 Å². The Balaban J connectivity index is 0.00000338. The molecule has 0 aromatic heterocycles. The average Bonchev–Trinajstić information content (AvgIpc) is 3.13. The fourth-order valence-electron chi connectivity index (χ4n) is 3.03. The lowest BCUT2D eigenvalue weighted by molar-refractivity contribution is -0.121. The third-order valence-electron chi connectivity index (χ3n) is 4.28. The second-order valence-electron chi connectivity index (χ2n) is 6.23. The van der Waals surface area contributed by atoms with Crippen molar-refractivity contribution < 1.29 is 19.1 Å². The summed E-state index contributed by atoms with van der Waals surface area (Å²) in [4.78, 5) is 23.1. The molecule has 0 spiro atoms. The number of carbonyl (C=O) groups is 2. The van der Waals surface area contributed by atoms with Crippen LogP contribution in [0.1, 0.15) is 25.7 Å². The van der Waals surface area contributed by atoms with Gasteiger partial charge in [0.15, 0.2) is 0 Å². The summed E-state index contributed by atoms with van der Waals surface area (Å²) in [5.74, 6) is 1.04. The summed E-state index contributed by atoms with van der Waals surface area (Å²) < 4.78 is 10.5. The lowest BCUT2D eigenvalue weighted by Crippen LogP contribution is -2.36. The Bertz CT molecular complexity index is 433. The van der Waals surface area contributed by atoms with E-state index in [0.29, 0.717) is 51.2 Å². The fourth-order valence-corrected chi connectivity index (χ4v) is 4.57. The molecule has 0 bridgehead atoms. The molecule has 2 rings (SSSR count). The highest BCUT2D eigenvalue weighted by Gasteiger charge is 2.42. The molecule has 0 aliphatic carbocycles. The number of nitrogens with one attached hydrogen (secondary N) is 3. The summed E-state index contributed by atoms with van der Waals surface area (Å²) in [7, 11) is 0. The van der Waals surface area contributed by atoms with E-state index in [1.165, 1.54) is 0 Å². The predicted molar refractivity (Wildman–Crippen MR) is 105 cm³/mol. The number of amides is 3. The van der Waals surface area contributed by atoms with Gasteiger partial charge >= 0.3 is 6.03 Å². The Labute approximate surface area is 165 Å². The van der Waals surface area contributed by atoms with E-state index < -0.39 is 0 Å². The number of hydrogen-bond acceptors (Lipinski definition) is 6. The Morgan fingerprint density at radius 3 is 2.73 bits per heavy atom. The second kappa shape index (κ2) is 13.4. The molecule has 0 aromatic rings. The number of hydrogen-bond donors (Lipinski definition) is 4. The lowest BCUT2D eigenvalue weighted by Gasteiger charge is -2.16. The van der Waals surface area contributed by atoms with Gasteiger partial charge in [-0.05, 0) is 12.8 Å². The van der Waals surface area contributed by atoms with Gasteiger partial charge in [0.1, 0.15) is 0 Å². The van der Waals surface area contributed by atoms with Crippen LogP contribution in [0.5, 0.6) is 0 Å². The zero-order valence-electron chi connectivity index (χ0n) is 15.0. The smallest absolute Gasteiger partial charge is 0.315 e. The molecule has 0 radical (unpaired) electrons. The van der Waals surface area contributed by atoms with Gasteiger partial charge in [0, 0.05) is 30.5 Å². The van der Waals surface area contributed by atoms with Crippen molar-refractivity contribution >= 4 is 36.1 Å². The average molecular weight is 411 g/mol. The van der Waals surface area contributed by atoms with Gasteiger partial charge in [-0.25, -0.2) is 4.79 Å². The predicted octanol–water partition coefficient (Wildman–Crippen LogP) is 0.242. The first kappa shape index (κ1) is 23.3. The molecule has 26 heavy (non-hydrogen) atoms.